The molecule has 0 aromatic carbocycles. The van der Waals surface area contributed by atoms with E-state index in [0.29, 0.717) is 0 Å². The Bertz CT molecular complexity index is 237. The van der Waals surface area contributed by atoms with Crippen LogP contribution < -0.4 is 0 Å². The minimum absolute atomic E-state index is 1.18. The molecule has 1 nitrogen and oxygen atoms in total. The fourth-order valence-corrected chi connectivity index (χ4v) is 14.4. The molecule has 0 unspecified atom stereocenters. The van der Waals surface area contributed by atoms with Crippen LogP contribution in [0.2, 0.25) is 30.2 Å². The van der Waals surface area contributed by atoms with Crippen molar-refractivity contribution >= 4 is 27.0 Å². The number of unbranched alkanes of at least 4 members (excludes halogenated alkanes) is 6. The monoisotopic (exact) mass is 364 g/mol. The fraction of sp³-hybridized carbons (Fsp3) is 1.00. The van der Waals surface area contributed by atoms with Crippen LogP contribution in [-0.4, -0.2) is 15.9 Å². The van der Waals surface area contributed by atoms with Gasteiger partial charge in [0.1, 0.15) is 0 Å². The van der Waals surface area contributed by atoms with Gasteiger partial charge < -0.3 is 4.12 Å². The first kappa shape index (κ1) is 22.7. The van der Waals surface area contributed by atoms with Gasteiger partial charge in [0.2, 0.25) is 0 Å². The summed E-state index contributed by atoms with van der Waals surface area (Å²) in [4.78, 5) is 0. The van der Waals surface area contributed by atoms with Crippen molar-refractivity contribution in [3.05, 3.63) is 0 Å². The van der Waals surface area contributed by atoms with E-state index in [9.17, 15) is 0 Å². The Balaban J connectivity index is 4.66. The van der Waals surface area contributed by atoms with Gasteiger partial charge in [0.25, 0.3) is 7.63 Å². The Morgan fingerprint density at radius 3 is 1.36 bits per heavy atom. The Morgan fingerprint density at radius 1 is 0.636 bits per heavy atom. The normalized spacial score (nSPS) is 12.8. The van der Waals surface area contributed by atoms with E-state index in [-0.39, 0.29) is 0 Å². The first-order chi connectivity index (χ1) is 10.5. The predicted molar refractivity (Wildman–Crippen MR) is 108 cm³/mol. The van der Waals surface area contributed by atoms with Crippen LogP contribution in [0.3, 0.4) is 0 Å². The second-order valence-electron chi connectivity index (χ2n) is 6.85. The molecule has 0 rings (SSSR count). The van der Waals surface area contributed by atoms with Crippen molar-refractivity contribution < 1.29 is 4.12 Å². The highest BCUT2D eigenvalue weighted by molar-refractivity contribution is 7.19. The highest BCUT2D eigenvalue weighted by Gasteiger charge is 2.41. The summed E-state index contributed by atoms with van der Waals surface area (Å²) in [5, 5.41) is 0. The zero-order valence-corrected chi connectivity index (χ0v) is 18.7. The molecule has 0 saturated carbocycles. The SMILES string of the molecule is CCCCCC[Si](Cl)(CCCCCC)O[Si](CC)(CC)CC. The van der Waals surface area contributed by atoms with Crippen LogP contribution in [0.15, 0.2) is 0 Å². The van der Waals surface area contributed by atoms with Gasteiger partial charge in [-0.25, -0.2) is 0 Å². The highest BCUT2D eigenvalue weighted by Crippen LogP contribution is 2.35. The minimum atomic E-state index is -2.01. The lowest BCUT2D eigenvalue weighted by Gasteiger charge is -2.38. The maximum atomic E-state index is 7.17. The van der Waals surface area contributed by atoms with E-state index in [1.54, 1.807) is 0 Å². The Morgan fingerprint density at radius 2 is 1.05 bits per heavy atom. The maximum Gasteiger partial charge on any atom is 0.280 e. The molecule has 0 N–H and O–H groups in total. The quantitative estimate of drug-likeness (QED) is 0.163. The van der Waals surface area contributed by atoms with E-state index >= 15 is 0 Å². The topological polar surface area (TPSA) is 9.23 Å². The molecule has 0 aliphatic rings. The Kier molecular flexibility index (Phi) is 13.4. The van der Waals surface area contributed by atoms with Gasteiger partial charge in [-0.15, -0.1) is 11.1 Å². The molecule has 0 radical (unpaired) electrons. The molecule has 0 aliphatic heterocycles. The third-order valence-electron chi connectivity index (χ3n) is 5.14. The maximum absolute atomic E-state index is 7.17. The number of halogens is 1. The van der Waals surface area contributed by atoms with Crippen LogP contribution in [0.25, 0.3) is 0 Å². The summed E-state index contributed by atoms with van der Waals surface area (Å²) in [6, 6.07) is 6.03. The van der Waals surface area contributed by atoms with Crippen molar-refractivity contribution in [3.63, 3.8) is 0 Å². The van der Waals surface area contributed by atoms with E-state index in [1.807, 2.05) is 0 Å². The molecule has 0 aromatic rings. The van der Waals surface area contributed by atoms with Gasteiger partial charge in [-0.2, -0.15) is 0 Å². The molecule has 0 heterocycles. The Hall–Kier alpha value is 0.684. The smallest absolute Gasteiger partial charge is 0.280 e. The summed E-state index contributed by atoms with van der Waals surface area (Å²) >= 11 is 7.17. The first-order valence-corrected chi connectivity index (χ1v) is 15.8. The summed E-state index contributed by atoms with van der Waals surface area (Å²) in [6.45, 7) is 11.5. The zero-order valence-electron chi connectivity index (χ0n) is 16.0. The molecule has 134 valence electrons. The number of hydrogen-bond donors (Lipinski definition) is 0. The van der Waals surface area contributed by atoms with Crippen molar-refractivity contribution in [1.29, 1.82) is 0 Å². The van der Waals surface area contributed by atoms with E-state index in [0.717, 1.165) is 0 Å². The van der Waals surface area contributed by atoms with E-state index in [4.69, 9.17) is 15.2 Å². The molecule has 0 aliphatic carbocycles. The van der Waals surface area contributed by atoms with Crippen LogP contribution in [0.4, 0.5) is 0 Å². The van der Waals surface area contributed by atoms with E-state index < -0.39 is 15.9 Å². The van der Waals surface area contributed by atoms with Gasteiger partial charge in [-0.3, -0.25) is 0 Å². The average Bonchev–Trinajstić information content (AvgIpc) is 2.54. The van der Waals surface area contributed by atoms with Crippen molar-refractivity contribution in [2.75, 3.05) is 0 Å². The summed E-state index contributed by atoms with van der Waals surface area (Å²) < 4.78 is 6.88. The molecule has 0 bridgehead atoms. The van der Waals surface area contributed by atoms with Crippen LogP contribution in [0, 0.1) is 0 Å². The minimum Gasteiger partial charge on any atom is -0.444 e. The molecule has 0 saturated heterocycles. The lowest BCUT2D eigenvalue weighted by Crippen LogP contribution is -2.47. The van der Waals surface area contributed by atoms with Gasteiger partial charge >= 0.3 is 0 Å². The van der Waals surface area contributed by atoms with Gasteiger partial charge in [0, 0.05) is 0 Å². The fourth-order valence-electron chi connectivity index (χ4n) is 3.21. The third-order valence-corrected chi connectivity index (χ3v) is 16.2. The molecule has 0 atom stereocenters. The average molecular weight is 365 g/mol. The molecule has 0 spiro atoms. The van der Waals surface area contributed by atoms with Crippen molar-refractivity contribution in [2.24, 2.45) is 0 Å². The van der Waals surface area contributed by atoms with Gasteiger partial charge in [0.15, 0.2) is 8.32 Å². The zero-order chi connectivity index (χ0) is 16.9. The molecular formula is C18H41ClOSi2. The summed E-state index contributed by atoms with van der Waals surface area (Å²) in [5.74, 6) is 0. The third kappa shape index (κ3) is 9.10. The number of hydrogen-bond acceptors (Lipinski definition) is 1. The van der Waals surface area contributed by atoms with Crippen molar-refractivity contribution in [3.8, 4) is 0 Å². The molecule has 0 fully saturated rings. The molecule has 4 heteroatoms. The van der Waals surface area contributed by atoms with Crippen molar-refractivity contribution in [2.45, 2.75) is 116 Å². The Labute approximate surface area is 147 Å². The molecular weight excluding hydrogens is 324 g/mol. The predicted octanol–water partition coefficient (Wildman–Crippen LogP) is 7.85. The van der Waals surface area contributed by atoms with E-state index in [1.165, 1.54) is 81.6 Å². The molecule has 0 aromatic heterocycles. The lowest BCUT2D eigenvalue weighted by molar-refractivity contribution is 0.515. The highest BCUT2D eigenvalue weighted by atomic mass is 35.6. The van der Waals surface area contributed by atoms with Gasteiger partial charge in [0.05, 0.1) is 0 Å². The molecule has 22 heavy (non-hydrogen) atoms. The van der Waals surface area contributed by atoms with Crippen LogP contribution >= 0.6 is 11.1 Å². The molecule has 0 amide bonds. The largest absolute Gasteiger partial charge is 0.444 e. The number of rotatable bonds is 15. The van der Waals surface area contributed by atoms with Gasteiger partial charge in [-0.05, 0) is 30.2 Å². The van der Waals surface area contributed by atoms with Crippen molar-refractivity contribution in [1.82, 2.24) is 0 Å². The summed E-state index contributed by atoms with van der Waals surface area (Å²) in [5.41, 5.74) is 0. The summed E-state index contributed by atoms with van der Waals surface area (Å²) in [7, 11) is -3.57. The standard InChI is InChI=1S/C18H41ClOSi2/c1-6-11-13-15-17-22(19,18-16-14-12-7-2)20-21(8-3,9-4)10-5/h6-18H2,1-5H3. The van der Waals surface area contributed by atoms with Gasteiger partial charge in [-0.1, -0.05) is 86.0 Å². The van der Waals surface area contributed by atoms with Crippen LogP contribution in [0.5, 0.6) is 0 Å². The van der Waals surface area contributed by atoms with E-state index in [2.05, 4.69) is 34.6 Å². The van der Waals surface area contributed by atoms with Crippen LogP contribution in [-0.2, 0) is 4.12 Å². The van der Waals surface area contributed by atoms with Crippen LogP contribution in [0.1, 0.15) is 86.0 Å². The lowest BCUT2D eigenvalue weighted by atomic mass is 10.2. The summed E-state index contributed by atoms with van der Waals surface area (Å²) in [6.07, 6.45) is 10.5. The second-order valence-corrected chi connectivity index (χ2v) is 17.0. The first-order valence-electron chi connectivity index (χ1n) is 9.90. The second kappa shape index (κ2) is 13.0.